The standard InChI is InChI=1S/C26H44BN5O5/c1-17(2)20(31-23(34)35-24(3,4)5)21(33)32-12-10-18(11-13-32)14-28-22-29-15-19(16-30-22)27-36-25(6,7)26(8,9)37-27/h15-18,20H,10-14H2,1-9H3,(H,31,34)(H,28,29,30)/t20-/m0/s1. The van der Waals surface area contributed by atoms with Crippen LogP contribution in [0.15, 0.2) is 12.4 Å². The van der Waals surface area contributed by atoms with Crippen LogP contribution in [0.2, 0.25) is 0 Å². The maximum atomic E-state index is 13.1. The third-order valence-corrected chi connectivity index (χ3v) is 7.28. The van der Waals surface area contributed by atoms with Gasteiger partial charge in [-0.15, -0.1) is 0 Å². The van der Waals surface area contributed by atoms with Crippen molar-refractivity contribution in [2.24, 2.45) is 11.8 Å². The number of hydrogen-bond donors (Lipinski definition) is 2. The van der Waals surface area contributed by atoms with Gasteiger partial charge in [-0.1, -0.05) is 13.8 Å². The Morgan fingerprint density at radius 2 is 1.65 bits per heavy atom. The second-order valence-electron chi connectivity index (χ2n) is 12.4. The van der Waals surface area contributed by atoms with E-state index in [1.807, 2.05) is 46.4 Å². The zero-order valence-corrected chi connectivity index (χ0v) is 23.9. The normalized spacial score (nSPS) is 20.6. The minimum Gasteiger partial charge on any atom is -0.444 e. The molecule has 1 aromatic heterocycles. The molecule has 3 rings (SSSR count). The Labute approximate surface area is 221 Å². The number of nitrogens with one attached hydrogen (secondary N) is 2. The van der Waals surface area contributed by atoms with E-state index in [1.54, 1.807) is 33.2 Å². The second-order valence-corrected chi connectivity index (χ2v) is 12.4. The van der Waals surface area contributed by atoms with Gasteiger partial charge >= 0.3 is 13.2 Å². The van der Waals surface area contributed by atoms with Crippen LogP contribution < -0.4 is 16.1 Å². The summed E-state index contributed by atoms with van der Waals surface area (Å²) in [5, 5.41) is 6.08. The molecule has 0 bridgehead atoms. The van der Waals surface area contributed by atoms with Crippen molar-refractivity contribution in [1.29, 1.82) is 0 Å². The molecule has 10 nitrogen and oxygen atoms in total. The van der Waals surface area contributed by atoms with Gasteiger partial charge in [0, 0.05) is 37.5 Å². The van der Waals surface area contributed by atoms with Gasteiger partial charge in [0.2, 0.25) is 11.9 Å². The first-order chi connectivity index (χ1) is 17.1. The molecular formula is C26H44BN5O5. The van der Waals surface area contributed by atoms with Gasteiger partial charge in [-0.3, -0.25) is 4.79 Å². The number of aromatic nitrogens is 2. The summed E-state index contributed by atoms with van der Waals surface area (Å²) in [6.07, 6.45) is 4.64. The lowest BCUT2D eigenvalue weighted by Gasteiger charge is -2.35. The van der Waals surface area contributed by atoms with Crippen LogP contribution in [0.25, 0.3) is 0 Å². The smallest absolute Gasteiger partial charge is 0.444 e. The Morgan fingerprint density at radius 1 is 1.11 bits per heavy atom. The van der Waals surface area contributed by atoms with Gasteiger partial charge in [-0.25, -0.2) is 14.8 Å². The molecule has 3 heterocycles. The van der Waals surface area contributed by atoms with Gasteiger partial charge in [0.1, 0.15) is 11.6 Å². The first-order valence-electron chi connectivity index (χ1n) is 13.3. The molecule has 1 atom stereocenters. The monoisotopic (exact) mass is 517 g/mol. The van der Waals surface area contributed by atoms with Crippen molar-refractivity contribution in [3.05, 3.63) is 12.4 Å². The number of amides is 2. The van der Waals surface area contributed by atoms with E-state index >= 15 is 0 Å². The molecule has 2 N–H and O–H groups in total. The highest BCUT2D eigenvalue weighted by Gasteiger charge is 2.52. The molecule has 2 saturated heterocycles. The van der Waals surface area contributed by atoms with E-state index in [0.717, 1.165) is 24.8 Å². The minimum absolute atomic E-state index is 0.0447. The molecule has 206 valence electrons. The van der Waals surface area contributed by atoms with Crippen molar-refractivity contribution in [1.82, 2.24) is 20.2 Å². The number of anilines is 1. The lowest BCUT2D eigenvalue weighted by Crippen LogP contribution is -2.53. The van der Waals surface area contributed by atoms with Crippen molar-refractivity contribution in [3.8, 4) is 0 Å². The number of ether oxygens (including phenoxy) is 1. The quantitative estimate of drug-likeness (QED) is 0.531. The Hall–Kier alpha value is -2.40. The number of nitrogens with zero attached hydrogens (tertiary/aromatic N) is 3. The third kappa shape index (κ3) is 7.57. The summed E-state index contributed by atoms with van der Waals surface area (Å²) in [5.74, 6) is 0.845. The highest BCUT2D eigenvalue weighted by molar-refractivity contribution is 6.61. The first-order valence-corrected chi connectivity index (χ1v) is 13.3. The van der Waals surface area contributed by atoms with Crippen LogP contribution in [0.4, 0.5) is 10.7 Å². The van der Waals surface area contributed by atoms with Crippen LogP contribution in [0.5, 0.6) is 0 Å². The van der Waals surface area contributed by atoms with Crippen LogP contribution in [0, 0.1) is 11.8 Å². The second kappa shape index (κ2) is 11.1. The van der Waals surface area contributed by atoms with E-state index in [1.165, 1.54) is 0 Å². The predicted octanol–water partition coefficient (Wildman–Crippen LogP) is 2.98. The van der Waals surface area contributed by atoms with Crippen molar-refractivity contribution in [3.63, 3.8) is 0 Å². The SMILES string of the molecule is CC(C)[C@H](NC(=O)OC(C)(C)C)C(=O)N1CCC(CNc2ncc(B3OC(C)(C)C(C)(C)O3)cn2)CC1. The van der Waals surface area contributed by atoms with E-state index in [4.69, 9.17) is 14.0 Å². The summed E-state index contributed by atoms with van der Waals surface area (Å²) in [6, 6.07) is -0.611. The fourth-order valence-electron chi connectivity index (χ4n) is 4.27. The van der Waals surface area contributed by atoms with Crippen molar-refractivity contribution < 1.29 is 23.6 Å². The summed E-state index contributed by atoms with van der Waals surface area (Å²) in [7, 11) is -0.486. The summed E-state index contributed by atoms with van der Waals surface area (Å²) < 4.78 is 17.5. The molecular weight excluding hydrogens is 473 g/mol. The number of piperidine rings is 1. The molecule has 37 heavy (non-hydrogen) atoms. The van der Waals surface area contributed by atoms with Crippen molar-refractivity contribution >= 4 is 30.5 Å². The number of likely N-dealkylation sites (tertiary alicyclic amines) is 1. The summed E-state index contributed by atoms with van der Waals surface area (Å²) in [4.78, 5) is 36.1. The lowest BCUT2D eigenvalue weighted by atomic mass is 9.81. The number of carbonyl (C=O) groups is 2. The van der Waals surface area contributed by atoms with Crippen LogP contribution in [-0.2, 0) is 18.8 Å². The van der Waals surface area contributed by atoms with Gasteiger partial charge in [0.05, 0.1) is 11.2 Å². The lowest BCUT2D eigenvalue weighted by molar-refractivity contribution is -0.136. The van der Waals surface area contributed by atoms with Crippen LogP contribution in [-0.4, -0.2) is 76.5 Å². The fourth-order valence-corrected chi connectivity index (χ4v) is 4.27. The molecule has 11 heteroatoms. The molecule has 0 aliphatic carbocycles. The predicted molar refractivity (Wildman–Crippen MR) is 144 cm³/mol. The van der Waals surface area contributed by atoms with E-state index in [9.17, 15) is 9.59 Å². The molecule has 1 aromatic rings. The first kappa shape index (κ1) is 29.2. The summed E-state index contributed by atoms with van der Waals surface area (Å²) >= 11 is 0. The number of alkyl carbamates (subject to hydrolysis) is 1. The van der Waals surface area contributed by atoms with Gasteiger partial charge in [-0.05, 0) is 73.1 Å². The molecule has 0 unspecified atom stereocenters. The van der Waals surface area contributed by atoms with Gasteiger partial charge in [-0.2, -0.15) is 0 Å². The average molecular weight is 517 g/mol. The van der Waals surface area contributed by atoms with E-state index in [0.29, 0.717) is 25.0 Å². The van der Waals surface area contributed by atoms with Crippen LogP contribution in [0.3, 0.4) is 0 Å². The summed E-state index contributed by atoms with van der Waals surface area (Å²) in [5.41, 5.74) is -0.649. The molecule has 0 radical (unpaired) electrons. The summed E-state index contributed by atoms with van der Waals surface area (Å²) in [6.45, 7) is 19.3. The molecule has 0 saturated carbocycles. The van der Waals surface area contributed by atoms with Crippen LogP contribution >= 0.6 is 0 Å². The minimum atomic E-state index is -0.615. The molecule has 2 aliphatic rings. The van der Waals surface area contributed by atoms with E-state index in [2.05, 4.69) is 20.6 Å². The zero-order valence-electron chi connectivity index (χ0n) is 23.9. The van der Waals surface area contributed by atoms with Crippen molar-refractivity contribution in [2.75, 3.05) is 25.0 Å². The van der Waals surface area contributed by atoms with Gasteiger partial charge < -0.3 is 29.6 Å². The topological polar surface area (TPSA) is 115 Å². The molecule has 0 spiro atoms. The van der Waals surface area contributed by atoms with E-state index < -0.39 is 36.1 Å². The van der Waals surface area contributed by atoms with Gasteiger partial charge in [0.25, 0.3) is 0 Å². The molecule has 2 aliphatic heterocycles. The highest BCUT2D eigenvalue weighted by atomic mass is 16.7. The largest absolute Gasteiger partial charge is 0.498 e. The Kier molecular flexibility index (Phi) is 8.79. The third-order valence-electron chi connectivity index (χ3n) is 7.28. The number of rotatable bonds is 7. The number of hydrogen-bond acceptors (Lipinski definition) is 8. The molecule has 2 amide bonds. The molecule has 2 fully saturated rings. The van der Waals surface area contributed by atoms with Crippen molar-refractivity contribution in [2.45, 2.75) is 98.0 Å². The van der Waals surface area contributed by atoms with Gasteiger partial charge in [0.15, 0.2) is 0 Å². The van der Waals surface area contributed by atoms with Crippen LogP contribution in [0.1, 0.15) is 75.2 Å². The fraction of sp³-hybridized carbons (Fsp3) is 0.769. The maximum Gasteiger partial charge on any atom is 0.498 e. The highest BCUT2D eigenvalue weighted by Crippen LogP contribution is 2.36. The maximum absolute atomic E-state index is 13.1. The number of carbonyl (C=O) groups excluding carboxylic acids is 2. The zero-order chi connectivity index (χ0) is 27.6. The Balaban J connectivity index is 1.46. The Bertz CT molecular complexity index is 924. The average Bonchev–Trinajstić information content (AvgIpc) is 3.01. The Morgan fingerprint density at radius 3 is 2.14 bits per heavy atom. The van der Waals surface area contributed by atoms with E-state index in [-0.39, 0.29) is 11.8 Å². The molecule has 0 aromatic carbocycles.